The second-order valence-corrected chi connectivity index (χ2v) is 8.01. The Morgan fingerprint density at radius 3 is 1.82 bits per heavy atom. The predicted molar refractivity (Wildman–Crippen MR) is 99.9 cm³/mol. The number of rotatable bonds is 9. The fraction of sp³-hybridized carbons (Fsp3) is 0.400. The van der Waals surface area contributed by atoms with Crippen LogP contribution in [0.2, 0.25) is 0 Å². The van der Waals surface area contributed by atoms with Gasteiger partial charge in [0, 0.05) is 0 Å². The summed E-state index contributed by atoms with van der Waals surface area (Å²) in [5.74, 6) is 0. The minimum atomic E-state index is 0.414. The van der Waals surface area contributed by atoms with Gasteiger partial charge >= 0.3 is 142 Å². The zero-order valence-electron chi connectivity index (χ0n) is 13.8. The number of anilines is 1. The van der Waals surface area contributed by atoms with Crippen molar-refractivity contribution in [2.24, 2.45) is 0 Å². The van der Waals surface area contributed by atoms with E-state index in [4.69, 9.17) is 0 Å². The van der Waals surface area contributed by atoms with Crippen LogP contribution in [0.1, 0.15) is 39.5 Å². The van der Waals surface area contributed by atoms with E-state index >= 15 is 0 Å². The molecule has 2 aromatic rings. The molecule has 0 bridgehead atoms. The van der Waals surface area contributed by atoms with Crippen LogP contribution < -0.4 is 13.8 Å². The molecule has 1 nitrogen and oxygen atoms in total. The van der Waals surface area contributed by atoms with Crippen LogP contribution in [0.4, 0.5) is 5.69 Å². The van der Waals surface area contributed by atoms with Gasteiger partial charge in [-0.25, -0.2) is 0 Å². The van der Waals surface area contributed by atoms with Crippen molar-refractivity contribution in [2.45, 2.75) is 39.5 Å². The third-order valence-electron chi connectivity index (χ3n) is 3.74. The number of unbranched alkanes of at least 4 members (excludes halogenated alkanes) is 2. The van der Waals surface area contributed by atoms with Crippen LogP contribution in [-0.4, -0.2) is 28.0 Å². The first-order valence-electron chi connectivity index (χ1n) is 8.41. The molecule has 2 heteroatoms. The number of benzene rings is 2. The molecule has 0 spiro atoms. The summed E-state index contributed by atoms with van der Waals surface area (Å²) in [6.07, 6.45) is 5.08. The summed E-state index contributed by atoms with van der Waals surface area (Å²) < 4.78 is 2.89. The molecule has 0 amide bonds. The van der Waals surface area contributed by atoms with E-state index in [0.29, 0.717) is 15.0 Å². The molecule has 0 aliphatic rings. The van der Waals surface area contributed by atoms with Crippen molar-refractivity contribution in [3.63, 3.8) is 0 Å². The van der Waals surface area contributed by atoms with Crippen molar-refractivity contribution in [1.29, 1.82) is 0 Å². The van der Waals surface area contributed by atoms with Crippen molar-refractivity contribution in [3.05, 3.63) is 54.6 Å². The molecular formula is C20H27NSe. The van der Waals surface area contributed by atoms with E-state index < -0.39 is 0 Å². The first-order valence-corrected chi connectivity index (χ1v) is 10.1. The summed E-state index contributed by atoms with van der Waals surface area (Å²) in [4.78, 5) is 2.55. The third kappa shape index (κ3) is 5.51. The predicted octanol–water partition coefficient (Wildman–Crippen LogP) is 3.75. The molecule has 0 fully saturated rings. The minimum absolute atomic E-state index is 0.414. The van der Waals surface area contributed by atoms with Crippen LogP contribution in [0, 0.1) is 0 Å². The normalized spacial score (nSPS) is 10.6. The molecule has 0 aromatic heterocycles. The van der Waals surface area contributed by atoms with Gasteiger partial charge in [-0.3, -0.25) is 0 Å². The zero-order valence-corrected chi connectivity index (χ0v) is 15.5. The Morgan fingerprint density at radius 1 is 0.727 bits per heavy atom. The fourth-order valence-corrected chi connectivity index (χ4v) is 4.17. The number of nitrogens with zero attached hydrogens (tertiary/aromatic N) is 1. The van der Waals surface area contributed by atoms with E-state index in [2.05, 4.69) is 73.3 Å². The summed E-state index contributed by atoms with van der Waals surface area (Å²) >= 11 is 0.414. The molecule has 118 valence electrons. The van der Waals surface area contributed by atoms with E-state index in [1.165, 1.54) is 53.4 Å². The molecule has 0 atom stereocenters. The van der Waals surface area contributed by atoms with Crippen LogP contribution in [0.5, 0.6) is 0 Å². The maximum atomic E-state index is 2.55. The average molecular weight is 360 g/mol. The summed E-state index contributed by atoms with van der Waals surface area (Å²) in [7, 11) is 0. The monoisotopic (exact) mass is 361 g/mol. The fourth-order valence-electron chi connectivity index (χ4n) is 2.42. The summed E-state index contributed by atoms with van der Waals surface area (Å²) in [5.41, 5.74) is 1.38. The Morgan fingerprint density at radius 2 is 1.27 bits per heavy atom. The van der Waals surface area contributed by atoms with Crippen molar-refractivity contribution in [1.82, 2.24) is 0 Å². The van der Waals surface area contributed by atoms with Gasteiger partial charge in [0.25, 0.3) is 0 Å². The maximum absolute atomic E-state index is 2.55. The molecular weight excluding hydrogens is 333 g/mol. The third-order valence-corrected chi connectivity index (χ3v) is 5.88. The van der Waals surface area contributed by atoms with E-state index in [1.807, 2.05) is 0 Å². The van der Waals surface area contributed by atoms with Crippen LogP contribution in [-0.2, 0) is 0 Å². The first-order chi connectivity index (χ1) is 10.8. The first kappa shape index (κ1) is 17.1. The van der Waals surface area contributed by atoms with Crippen molar-refractivity contribution < 1.29 is 0 Å². The van der Waals surface area contributed by atoms with Crippen molar-refractivity contribution in [3.8, 4) is 0 Å². The van der Waals surface area contributed by atoms with E-state index in [1.54, 1.807) is 0 Å². The molecule has 22 heavy (non-hydrogen) atoms. The average Bonchev–Trinajstić information content (AvgIpc) is 2.57. The second kappa shape index (κ2) is 9.71. The number of hydrogen-bond donors (Lipinski definition) is 0. The Kier molecular flexibility index (Phi) is 7.56. The molecule has 0 saturated carbocycles. The van der Waals surface area contributed by atoms with Crippen LogP contribution in [0.25, 0.3) is 0 Å². The van der Waals surface area contributed by atoms with E-state index in [0.717, 1.165) is 0 Å². The Labute approximate surface area is 141 Å². The van der Waals surface area contributed by atoms with Crippen LogP contribution in [0.15, 0.2) is 54.6 Å². The zero-order chi connectivity index (χ0) is 15.6. The Bertz CT molecular complexity index is 513. The van der Waals surface area contributed by atoms with E-state index in [-0.39, 0.29) is 0 Å². The van der Waals surface area contributed by atoms with Gasteiger partial charge in [0.05, 0.1) is 0 Å². The topological polar surface area (TPSA) is 3.24 Å². The molecule has 0 aliphatic heterocycles. The Hall–Kier alpha value is -1.24. The standard InChI is InChI=1S/C20H27NSe/c1-3-5-16-21(17-6-4-2)18-12-14-20(15-13-18)22-19-10-8-7-9-11-19/h7-15H,3-6,16-17H2,1-2H3. The van der Waals surface area contributed by atoms with Gasteiger partial charge in [-0.2, -0.15) is 0 Å². The molecule has 0 radical (unpaired) electrons. The van der Waals surface area contributed by atoms with Gasteiger partial charge in [-0.05, 0) is 0 Å². The summed E-state index contributed by atoms with van der Waals surface area (Å²) in [5, 5.41) is 0. The quantitative estimate of drug-likeness (QED) is 0.616. The molecule has 2 aromatic carbocycles. The Balaban J connectivity index is 2.01. The molecule has 2 rings (SSSR count). The SMILES string of the molecule is CCCCN(CCCC)c1ccc([Se]c2ccccc2)cc1. The van der Waals surface area contributed by atoms with E-state index in [9.17, 15) is 0 Å². The molecule has 0 N–H and O–H groups in total. The molecule has 0 aliphatic carbocycles. The van der Waals surface area contributed by atoms with Crippen LogP contribution in [0.3, 0.4) is 0 Å². The van der Waals surface area contributed by atoms with Gasteiger partial charge in [-0.1, -0.05) is 0 Å². The van der Waals surface area contributed by atoms with Gasteiger partial charge in [0.2, 0.25) is 0 Å². The summed E-state index contributed by atoms with van der Waals surface area (Å²) in [6, 6.07) is 20.0. The summed E-state index contributed by atoms with van der Waals surface area (Å²) in [6.45, 7) is 6.90. The van der Waals surface area contributed by atoms with Gasteiger partial charge in [-0.15, -0.1) is 0 Å². The van der Waals surface area contributed by atoms with Gasteiger partial charge < -0.3 is 0 Å². The molecule has 0 saturated heterocycles. The molecule has 0 unspecified atom stereocenters. The second-order valence-electron chi connectivity index (χ2n) is 5.60. The van der Waals surface area contributed by atoms with Crippen molar-refractivity contribution >= 4 is 29.6 Å². The van der Waals surface area contributed by atoms with Gasteiger partial charge in [0.15, 0.2) is 0 Å². The molecule has 0 heterocycles. The number of hydrogen-bond acceptors (Lipinski definition) is 1. The van der Waals surface area contributed by atoms with Crippen LogP contribution >= 0.6 is 0 Å². The van der Waals surface area contributed by atoms with Gasteiger partial charge in [0.1, 0.15) is 0 Å². The van der Waals surface area contributed by atoms with Crippen molar-refractivity contribution in [2.75, 3.05) is 18.0 Å².